The number of amides is 1. The maximum Gasteiger partial charge on any atom is 0.267 e. The van der Waals surface area contributed by atoms with Crippen LogP contribution in [0.5, 0.6) is 11.5 Å². The van der Waals surface area contributed by atoms with E-state index in [9.17, 15) is 15.0 Å². The third kappa shape index (κ3) is 7.69. The number of furan rings is 1. The minimum Gasteiger partial charge on any atom is -0.491 e. The van der Waals surface area contributed by atoms with Gasteiger partial charge in [-0.15, -0.1) is 0 Å². The zero-order valence-electron chi connectivity index (χ0n) is 26.9. The average molecular weight is 634 g/mol. The third-order valence-electron chi connectivity index (χ3n) is 9.67. The first-order chi connectivity index (χ1) is 22.3. The van der Waals surface area contributed by atoms with E-state index in [1.165, 1.54) is 0 Å². The van der Waals surface area contributed by atoms with E-state index >= 15 is 0 Å². The number of likely N-dealkylation sites (tertiary alicyclic amines) is 1. The molecule has 0 radical (unpaired) electrons. The molecule has 2 aromatic carbocycles. The van der Waals surface area contributed by atoms with Crippen LogP contribution in [0.15, 0.2) is 53.1 Å². The number of benzene rings is 2. The van der Waals surface area contributed by atoms with Crippen molar-refractivity contribution in [1.82, 2.24) is 15.2 Å². The van der Waals surface area contributed by atoms with Gasteiger partial charge in [-0.25, -0.2) is 0 Å². The number of piperidine rings is 1. The molecular weight excluding hydrogens is 586 g/mol. The summed E-state index contributed by atoms with van der Waals surface area (Å²) < 4.78 is 23.1. The van der Waals surface area contributed by atoms with Crippen molar-refractivity contribution in [2.24, 2.45) is 5.92 Å². The molecule has 2 aliphatic rings. The van der Waals surface area contributed by atoms with Crippen molar-refractivity contribution in [3.8, 4) is 11.5 Å². The molecule has 2 atom stereocenters. The number of H-pyrrole nitrogens is 1. The monoisotopic (exact) mass is 633 g/mol. The van der Waals surface area contributed by atoms with E-state index in [-0.39, 0.29) is 24.0 Å². The number of rotatable bonds is 13. The van der Waals surface area contributed by atoms with Gasteiger partial charge in [0, 0.05) is 60.2 Å². The van der Waals surface area contributed by atoms with Gasteiger partial charge in [0.1, 0.15) is 36.0 Å². The summed E-state index contributed by atoms with van der Waals surface area (Å²) in [5.41, 5.74) is 2.26. The summed E-state index contributed by atoms with van der Waals surface area (Å²) in [6.45, 7) is 8.63. The Balaban J connectivity index is 1.01. The second-order valence-electron chi connectivity index (χ2n) is 13.0. The molecule has 1 aliphatic heterocycles. The van der Waals surface area contributed by atoms with Crippen molar-refractivity contribution < 1.29 is 33.6 Å². The number of ether oxygens (including phenoxy) is 3. The quantitative estimate of drug-likeness (QED) is 0.144. The molecule has 0 unspecified atom stereocenters. The molecule has 10 heteroatoms. The molecule has 46 heavy (non-hydrogen) atoms. The van der Waals surface area contributed by atoms with Crippen molar-refractivity contribution in [3.63, 3.8) is 0 Å². The van der Waals surface area contributed by atoms with Gasteiger partial charge in [-0.3, -0.25) is 4.79 Å². The zero-order valence-corrected chi connectivity index (χ0v) is 26.9. The Morgan fingerprint density at radius 3 is 2.76 bits per heavy atom. The molecule has 1 amide bonds. The van der Waals surface area contributed by atoms with Gasteiger partial charge in [0.25, 0.3) is 5.91 Å². The lowest BCUT2D eigenvalue weighted by atomic mass is 9.80. The number of fused-ring (bicyclic) bond motifs is 2. The highest BCUT2D eigenvalue weighted by atomic mass is 16.5. The fourth-order valence-corrected chi connectivity index (χ4v) is 6.76. The van der Waals surface area contributed by atoms with Crippen LogP contribution in [0.4, 0.5) is 0 Å². The van der Waals surface area contributed by atoms with Crippen LogP contribution in [0.25, 0.3) is 21.9 Å². The SMILES string of the molecule is CCOCCOc1ccc2c(COc3cccc4[nH]c(C(=O)N[C@H]5CC[C@](O)(CCN6CC[C@H](O)[C@@H](C)C6)CC5)cc34)coc2c1. The largest absolute Gasteiger partial charge is 0.491 e. The van der Waals surface area contributed by atoms with Crippen LogP contribution >= 0.6 is 0 Å². The summed E-state index contributed by atoms with van der Waals surface area (Å²) in [6, 6.07) is 13.4. The normalized spacial score (nSPS) is 24.0. The van der Waals surface area contributed by atoms with Gasteiger partial charge in [0.05, 0.1) is 24.6 Å². The van der Waals surface area contributed by atoms with Gasteiger partial charge in [-0.1, -0.05) is 13.0 Å². The number of hydrogen-bond donors (Lipinski definition) is 4. The number of aliphatic hydroxyl groups is 2. The highest BCUT2D eigenvalue weighted by Gasteiger charge is 2.35. The number of nitrogens with one attached hydrogen (secondary N) is 2. The smallest absolute Gasteiger partial charge is 0.267 e. The summed E-state index contributed by atoms with van der Waals surface area (Å²) in [4.78, 5) is 18.9. The van der Waals surface area contributed by atoms with Crippen LogP contribution in [0.2, 0.25) is 0 Å². The molecule has 4 aromatic rings. The first-order valence-corrected chi connectivity index (χ1v) is 16.7. The summed E-state index contributed by atoms with van der Waals surface area (Å²) in [5.74, 6) is 1.52. The maximum atomic E-state index is 13.3. The van der Waals surface area contributed by atoms with E-state index in [0.29, 0.717) is 50.7 Å². The van der Waals surface area contributed by atoms with Crippen LogP contribution in [0.1, 0.15) is 68.4 Å². The van der Waals surface area contributed by atoms with Gasteiger partial charge < -0.3 is 44.0 Å². The number of nitrogens with zero attached hydrogens (tertiary/aromatic N) is 1. The molecule has 1 saturated heterocycles. The average Bonchev–Trinajstić information content (AvgIpc) is 3.68. The summed E-state index contributed by atoms with van der Waals surface area (Å²) in [6.07, 6.45) is 5.82. The fraction of sp³-hybridized carbons (Fsp3) is 0.528. The lowest BCUT2D eigenvalue weighted by Gasteiger charge is -2.39. The molecule has 0 bridgehead atoms. The highest BCUT2D eigenvalue weighted by molar-refractivity contribution is 5.99. The lowest BCUT2D eigenvalue weighted by molar-refractivity contribution is -0.0272. The van der Waals surface area contributed by atoms with Crippen LogP contribution < -0.4 is 14.8 Å². The Morgan fingerprint density at radius 1 is 1.11 bits per heavy atom. The van der Waals surface area contributed by atoms with E-state index in [2.05, 4.69) is 22.1 Å². The Kier molecular flexibility index (Phi) is 10.2. The van der Waals surface area contributed by atoms with E-state index in [4.69, 9.17) is 18.6 Å². The van der Waals surface area contributed by atoms with E-state index < -0.39 is 5.60 Å². The van der Waals surface area contributed by atoms with E-state index in [1.807, 2.05) is 49.4 Å². The number of aromatic nitrogens is 1. The van der Waals surface area contributed by atoms with Crippen LogP contribution in [0.3, 0.4) is 0 Å². The Morgan fingerprint density at radius 2 is 1.96 bits per heavy atom. The van der Waals surface area contributed by atoms with Crippen LogP contribution in [0, 0.1) is 5.92 Å². The van der Waals surface area contributed by atoms with Gasteiger partial charge in [-0.2, -0.15) is 0 Å². The minimum absolute atomic E-state index is 0.0185. The van der Waals surface area contributed by atoms with E-state index in [0.717, 1.165) is 78.5 Å². The Bertz CT molecular complexity index is 1610. The summed E-state index contributed by atoms with van der Waals surface area (Å²) in [5, 5.41) is 26.2. The molecule has 4 N–H and O–H groups in total. The summed E-state index contributed by atoms with van der Waals surface area (Å²) in [7, 11) is 0. The second kappa shape index (κ2) is 14.5. The zero-order chi connectivity index (χ0) is 32.1. The molecule has 1 aliphatic carbocycles. The Hall–Kier alpha value is -3.57. The number of hydrogen-bond acceptors (Lipinski definition) is 8. The molecule has 1 saturated carbocycles. The number of aromatic amines is 1. The molecule has 6 rings (SSSR count). The van der Waals surface area contributed by atoms with Crippen LogP contribution in [-0.2, 0) is 11.3 Å². The predicted molar refractivity (Wildman–Crippen MR) is 176 cm³/mol. The lowest BCUT2D eigenvalue weighted by Crippen LogP contribution is -2.47. The van der Waals surface area contributed by atoms with Gasteiger partial charge in [-0.05, 0) is 81.7 Å². The molecule has 10 nitrogen and oxygen atoms in total. The van der Waals surface area contributed by atoms with Crippen molar-refractivity contribution in [1.29, 1.82) is 0 Å². The van der Waals surface area contributed by atoms with Gasteiger partial charge in [0.2, 0.25) is 0 Å². The maximum absolute atomic E-state index is 13.3. The van der Waals surface area contributed by atoms with Gasteiger partial charge in [0.15, 0.2) is 0 Å². The highest BCUT2D eigenvalue weighted by Crippen LogP contribution is 2.33. The predicted octanol–water partition coefficient (Wildman–Crippen LogP) is 5.40. The Labute approximate surface area is 270 Å². The molecule has 2 fully saturated rings. The standard InChI is InChI=1S/C36H47N3O7/c1-3-43-17-18-44-27-7-8-28-25(23-46-34(28)19-27)22-45-33-6-4-5-30-29(33)20-31(38-30)35(41)37-26-9-12-36(42,13-10-26)14-16-39-15-11-32(40)24(2)21-39/h4-8,19-20,23-24,26,32,38,40,42H,3,9-18,21-22H2,1-2H3,(H,37,41)/t24-,26-,32-,36+/m0/s1. The number of aliphatic hydroxyl groups excluding tert-OH is 1. The molecule has 3 heterocycles. The first kappa shape index (κ1) is 32.4. The third-order valence-corrected chi connectivity index (χ3v) is 9.67. The van der Waals surface area contributed by atoms with Crippen molar-refractivity contribution >= 4 is 27.8 Å². The first-order valence-electron chi connectivity index (χ1n) is 16.7. The molecule has 0 spiro atoms. The van der Waals surface area contributed by atoms with Crippen LogP contribution in [-0.4, -0.2) is 83.2 Å². The molecular formula is C36H47N3O7. The van der Waals surface area contributed by atoms with Crippen molar-refractivity contribution in [2.45, 2.75) is 76.7 Å². The second-order valence-corrected chi connectivity index (χ2v) is 13.0. The minimum atomic E-state index is -0.700. The number of carbonyl (C=O) groups is 1. The topological polar surface area (TPSA) is 129 Å². The molecule has 2 aromatic heterocycles. The van der Waals surface area contributed by atoms with E-state index in [1.54, 1.807) is 6.26 Å². The fourth-order valence-electron chi connectivity index (χ4n) is 6.76. The van der Waals surface area contributed by atoms with Crippen molar-refractivity contribution in [2.75, 3.05) is 39.5 Å². The van der Waals surface area contributed by atoms with Gasteiger partial charge >= 0.3 is 0 Å². The van der Waals surface area contributed by atoms with Crippen molar-refractivity contribution in [3.05, 3.63) is 60.0 Å². The number of carbonyl (C=O) groups excluding carboxylic acids is 1. The molecule has 248 valence electrons. The summed E-state index contributed by atoms with van der Waals surface area (Å²) >= 11 is 0.